The summed E-state index contributed by atoms with van der Waals surface area (Å²) in [6.07, 6.45) is 0.386. The standard InChI is InChI=1S/C11H10N2O/c1-13-11(12)9-6-10(14)8-5-3-2-4-7(8)9/h2-5,12,14H,1,6H2. The van der Waals surface area contributed by atoms with Gasteiger partial charge in [-0.3, -0.25) is 5.41 Å². The van der Waals surface area contributed by atoms with E-state index in [1.54, 1.807) is 0 Å². The zero-order valence-electron chi connectivity index (χ0n) is 7.62. The van der Waals surface area contributed by atoms with Crippen molar-refractivity contribution in [1.29, 1.82) is 5.41 Å². The highest BCUT2D eigenvalue weighted by Crippen LogP contribution is 2.13. The van der Waals surface area contributed by atoms with Crippen molar-refractivity contribution in [3.63, 3.8) is 0 Å². The zero-order valence-corrected chi connectivity index (χ0v) is 7.62. The van der Waals surface area contributed by atoms with Crippen LogP contribution in [0.2, 0.25) is 0 Å². The van der Waals surface area contributed by atoms with Gasteiger partial charge in [-0.05, 0) is 11.9 Å². The number of aliphatic imine (C=N–C) groups is 1. The van der Waals surface area contributed by atoms with Gasteiger partial charge in [-0.1, -0.05) is 24.3 Å². The highest BCUT2D eigenvalue weighted by Gasteiger charge is 2.14. The molecule has 0 saturated carbocycles. The second-order valence-corrected chi connectivity index (χ2v) is 3.15. The molecule has 2 N–H and O–H groups in total. The lowest BCUT2D eigenvalue weighted by atomic mass is 10.1. The van der Waals surface area contributed by atoms with E-state index in [-0.39, 0.29) is 5.84 Å². The highest BCUT2D eigenvalue weighted by molar-refractivity contribution is 6.18. The molecule has 0 amide bonds. The number of aliphatic hydroxyl groups excluding tert-OH is 1. The average molecular weight is 186 g/mol. The van der Waals surface area contributed by atoms with Crippen molar-refractivity contribution in [3.8, 4) is 0 Å². The van der Waals surface area contributed by atoms with Crippen molar-refractivity contribution in [3.05, 3.63) is 34.7 Å². The Bertz CT molecular complexity index is 528. The Hall–Kier alpha value is -1.90. The van der Waals surface area contributed by atoms with Crippen LogP contribution in [0.5, 0.6) is 0 Å². The maximum Gasteiger partial charge on any atom is 0.148 e. The Morgan fingerprint density at radius 1 is 1.36 bits per heavy atom. The maximum absolute atomic E-state index is 9.63. The van der Waals surface area contributed by atoms with Gasteiger partial charge in [0.25, 0.3) is 0 Å². The summed E-state index contributed by atoms with van der Waals surface area (Å²) in [6.45, 7) is 3.32. The second-order valence-electron chi connectivity index (χ2n) is 3.15. The van der Waals surface area contributed by atoms with Crippen molar-refractivity contribution in [2.45, 2.75) is 6.42 Å². The van der Waals surface area contributed by atoms with E-state index >= 15 is 0 Å². The van der Waals surface area contributed by atoms with Crippen LogP contribution in [0.3, 0.4) is 0 Å². The van der Waals surface area contributed by atoms with Crippen LogP contribution < -0.4 is 10.4 Å². The van der Waals surface area contributed by atoms with E-state index in [1.807, 2.05) is 24.3 Å². The summed E-state index contributed by atoms with van der Waals surface area (Å²) in [5.74, 6) is 0.450. The number of fused-ring (bicyclic) bond motifs is 1. The summed E-state index contributed by atoms with van der Waals surface area (Å²) in [7, 11) is 0. The molecular formula is C11H10N2O. The maximum atomic E-state index is 9.63. The average Bonchev–Trinajstić information content (AvgIpc) is 2.56. The number of benzene rings is 1. The van der Waals surface area contributed by atoms with Crippen LogP contribution in [0.15, 0.2) is 29.3 Å². The van der Waals surface area contributed by atoms with E-state index in [2.05, 4.69) is 11.7 Å². The van der Waals surface area contributed by atoms with Gasteiger partial charge in [0, 0.05) is 17.2 Å². The van der Waals surface area contributed by atoms with Crippen molar-refractivity contribution < 1.29 is 5.11 Å². The van der Waals surface area contributed by atoms with E-state index in [9.17, 15) is 5.11 Å². The molecule has 2 rings (SSSR count). The van der Waals surface area contributed by atoms with Crippen LogP contribution in [-0.2, 0) is 0 Å². The van der Waals surface area contributed by atoms with Gasteiger partial charge in [0.2, 0.25) is 0 Å². The van der Waals surface area contributed by atoms with Crippen LogP contribution in [0, 0.1) is 5.41 Å². The predicted molar refractivity (Wildman–Crippen MR) is 57.0 cm³/mol. The third kappa shape index (κ3) is 1.14. The SMILES string of the molecule is C=NC(=N)C1=c2ccccc2=C(O)C1. The first-order valence-corrected chi connectivity index (χ1v) is 4.30. The summed E-state index contributed by atoms with van der Waals surface area (Å²) < 4.78 is 0. The van der Waals surface area contributed by atoms with Crippen molar-refractivity contribution in [2.75, 3.05) is 0 Å². The van der Waals surface area contributed by atoms with Crippen LogP contribution in [0.1, 0.15) is 6.42 Å². The summed E-state index contributed by atoms with van der Waals surface area (Å²) >= 11 is 0. The van der Waals surface area contributed by atoms with Gasteiger partial charge in [-0.2, -0.15) is 0 Å². The first kappa shape index (κ1) is 8.69. The molecule has 0 fully saturated rings. The van der Waals surface area contributed by atoms with Gasteiger partial charge in [0.15, 0.2) is 0 Å². The lowest BCUT2D eigenvalue weighted by Crippen LogP contribution is -2.24. The lowest BCUT2D eigenvalue weighted by molar-refractivity contribution is 0.493. The van der Waals surface area contributed by atoms with Crippen LogP contribution in [0.4, 0.5) is 0 Å². The zero-order chi connectivity index (χ0) is 10.1. The molecule has 1 aliphatic rings. The molecule has 1 aliphatic carbocycles. The normalized spacial score (nSPS) is 14.0. The summed E-state index contributed by atoms with van der Waals surface area (Å²) in [6, 6.07) is 7.47. The Kier molecular flexibility index (Phi) is 1.93. The van der Waals surface area contributed by atoms with Crippen molar-refractivity contribution >= 4 is 23.9 Å². The molecule has 14 heavy (non-hydrogen) atoms. The van der Waals surface area contributed by atoms with Crippen molar-refractivity contribution in [2.24, 2.45) is 4.99 Å². The largest absolute Gasteiger partial charge is 0.511 e. The molecular weight excluding hydrogens is 176 g/mol. The predicted octanol–water partition coefficient (Wildman–Crippen LogP) is 0.585. The van der Waals surface area contributed by atoms with Crippen LogP contribution >= 0.6 is 0 Å². The molecule has 3 nitrogen and oxygen atoms in total. The first-order chi connectivity index (χ1) is 6.74. The minimum absolute atomic E-state index is 0.140. The molecule has 0 aliphatic heterocycles. The van der Waals surface area contributed by atoms with Gasteiger partial charge in [0.1, 0.15) is 11.6 Å². The minimum Gasteiger partial charge on any atom is -0.511 e. The monoisotopic (exact) mass is 186 g/mol. The van der Waals surface area contributed by atoms with Crippen LogP contribution in [-0.4, -0.2) is 17.7 Å². The number of nitrogens with zero attached hydrogens (tertiary/aromatic N) is 1. The molecule has 0 unspecified atom stereocenters. The van der Waals surface area contributed by atoms with E-state index in [4.69, 9.17) is 5.41 Å². The summed E-state index contributed by atoms with van der Waals surface area (Å²) in [4.78, 5) is 3.58. The lowest BCUT2D eigenvalue weighted by Gasteiger charge is -1.97. The topological polar surface area (TPSA) is 56.4 Å². The second kappa shape index (κ2) is 3.10. The smallest absolute Gasteiger partial charge is 0.148 e. The molecule has 0 aromatic heterocycles. The van der Waals surface area contributed by atoms with Crippen molar-refractivity contribution in [1.82, 2.24) is 0 Å². The number of hydrogen-bond donors (Lipinski definition) is 2. The number of nitrogens with one attached hydrogen (secondary N) is 1. The molecule has 0 radical (unpaired) electrons. The van der Waals surface area contributed by atoms with Gasteiger partial charge in [-0.15, -0.1) is 0 Å². The number of amidine groups is 1. The molecule has 0 spiro atoms. The fourth-order valence-corrected chi connectivity index (χ4v) is 1.66. The number of aliphatic hydroxyl groups is 1. The molecule has 70 valence electrons. The summed E-state index contributed by atoms with van der Waals surface area (Å²) in [5, 5.41) is 18.9. The van der Waals surface area contributed by atoms with Gasteiger partial charge in [0.05, 0.1) is 0 Å². The fraction of sp³-hybridized carbons (Fsp3) is 0.0909. The quantitative estimate of drug-likeness (QED) is 0.489. The van der Waals surface area contributed by atoms with Gasteiger partial charge < -0.3 is 5.11 Å². The molecule has 1 aromatic rings. The van der Waals surface area contributed by atoms with E-state index in [0.717, 1.165) is 16.0 Å². The Labute approximate surface area is 81.2 Å². The number of rotatable bonds is 1. The Balaban J connectivity index is 2.80. The Morgan fingerprint density at radius 3 is 2.64 bits per heavy atom. The molecule has 0 bridgehead atoms. The third-order valence-electron chi connectivity index (χ3n) is 2.35. The van der Waals surface area contributed by atoms with Gasteiger partial charge in [-0.25, -0.2) is 4.99 Å². The third-order valence-corrected chi connectivity index (χ3v) is 2.35. The van der Waals surface area contributed by atoms with E-state index < -0.39 is 0 Å². The van der Waals surface area contributed by atoms with Crippen LogP contribution in [0.25, 0.3) is 11.3 Å². The van der Waals surface area contributed by atoms with Gasteiger partial charge >= 0.3 is 0 Å². The van der Waals surface area contributed by atoms with E-state index in [1.165, 1.54) is 0 Å². The molecule has 3 heteroatoms. The first-order valence-electron chi connectivity index (χ1n) is 4.30. The molecule has 0 saturated heterocycles. The molecule has 0 heterocycles. The Morgan fingerprint density at radius 2 is 2.00 bits per heavy atom. The fourth-order valence-electron chi connectivity index (χ4n) is 1.66. The number of hydrogen-bond acceptors (Lipinski definition) is 2. The minimum atomic E-state index is 0.140. The summed E-state index contributed by atoms with van der Waals surface area (Å²) in [5.41, 5.74) is 0.744. The highest BCUT2D eigenvalue weighted by atomic mass is 16.3. The van der Waals surface area contributed by atoms with E-state index in [0.29, 0.717) is 12.2 Å². The molecule has 0 atom stereocenters. The molecule has 1 aromatic carbocycles.